The topological polar surface area (TPSA) is 29.5 Å². The van der Waals surface area contributed by atoms with Crippen LogP contribution in [0.3, 0.4) is 0 Å². The van der Waals surface area contributed by atoms with E-state index in [1.807, 2.05) is 6.07 Å². The van der Waals surface area contributed by atoms with Crippen molar-refractivity contribution in [2.45, 2.75) is 37.9 Å². The van der Waals surface area contributed by atoms with Crippen molar-refractivity contribution in [3.05, 3.63) is 35.6 Å². The minimum absolute atomic E-state index is 0.184. The fourth-order valence-electron chi connectivity index (χ4n) is 2.15. The molecule has 2 nitrogen and oxygen atoms in total. The third-order valence-electron chi connectivity index (χ3n) is 2.92. The van der Waals surface area contributed by atoms with Crippen LogP contribution in [0.15, 0.2) is 24.3 Å². The number of ether oxygens (including phenoxy) is 1. The summed E-state index contributed by atoms with van der Waals surface area (Å²) in [5, 5.41) is 9.85. The van der Waals surface area contributed by atoms with E-state index in [1.165, 1.54) is 12.1 Å². The first-order valence-electron chi connectivity index (χ1n) is 5.78. The van der Waals surface area contributed by atoms with Crippen molar-refractivity contribution in [2.24, 2.45) is 0 Å². The van der Waals surface area contributed by atoms with Crippen LogP contribution in [0.1, 0.15) is 24.8 Å². The van der Waals surface area contributed by atoms with E-state index in [-0.39, 0.29) is 11.9 Å². The molecule has 0 amide bonds. The highest BCUT2D eigenvalue weighted by Crippen LogP contribution is 2.18. The second-order valence-corrected chi connectivity index (χ2v) is 4.36. The average Bonchev–Trinajstić information content (AvgIpc) is 2.70. The average molecular weight is 224 g/mol. The summed E-state index contributed by atoms with van der Waals surface area (Å²) < 4.78 is 18.4. The molecule has 1 heterocycles. The summed E-state index contributed by atoms with van der Waals surface area (Å²) >= 11 is 0. The molecule has 16 heavy (non-hydrogen) atoms. The summed E-state index contributed by atoms with van der Waals surface area (Å²) in [6.07, 6.45) is 3.00. The van der Waals surface area contributed by atoms with Crippen LogP contribution in [0.4, 0.5) is 4.39 Å². The number of aliphatic hydroxyl groups is 1. The van der Waals surface area contributed by atoms with Crippen LogP contribution >= 0.6 is 0 Å². The third kappa shape index (κ3) is 3.29. The molecule has 0 spiro atoms. The number of aliphatic hydroxyl groups excluding tert-OH is 1. The fraction of sp³-hybridized carbons (Fsp3) is 0.538. The Morgan fingerprint density at radius 1 is 1.50 bits per heavy atom. The lowest BCUT2D eigenvalue weighted by molar-refractivity contribution is 0.0541. The molecular weight excluding hydrogens is 207 g/mol. The molecular formula is C13H17FO2. The molecule has 0 bridgehead atoms. The molecule has 2 unspecified atom stereocenters. The van der Waals surface area contributed by atoms with Gasteiger partial charge in [0.15, 0.2) is 0 Å². The van der Waals surface area contributed by atoms with Crippen LogP contribution in [0.25, 0.3) is 0 Å². The van der Waals surface area contributed by atoms with Crippen molar-refractivity contribution in [3.63, 3.8) is 0 Å². The van der Waals surface area contributed by atoms with Crippen molar-refractivity contribution < 1.29 is 14.2 Å². The molecule has 0 aliphatic carbocycles. The van der Waals surface area contributed by atoms with Gasteiger partial charge in [-0.1, -0.05) is 12.1 Å². The van der Waals surface area contributed by atoms with Crippen molar-refractivity contribution in [1.29, 1.82) is 0 Å². The van der Waals surface area contributed by atoms with E-state index in [1.54, 1.807) is 6.07 Å². The quantitative estimate of drug-likeness (QED) is 0.850. The van der Waals surface area contributed by atoms with Gasteiger partial charge in [0.25, 0.3) is 0 Å². The Kier molecular flexibility index (Phi) is 3.91. The minimum Gasteiger partial charge on any atom is -0.393 e. The summed E-state index contributed by atoms with van der Waals surface area (Å²) in [6.45, 7) is 0.803. The Bertz CT molecular complexity index is 334. The Hall–Kier alpha value is -0.930. The van der Waals surface area contributed by atoms with Gasteiger partial charge in [-0.05, 0) is 43.4 Å². The zero-order chi connectivity index (χ0) is 11.4. The van der Waals surface area contributed by atoms with Crippen molar-refractivity contribution in [3.8, 4) is 0 Å². The van der Waals surface area contributed by atoms with Gasteiger partial charge in [0, 0.05) is 6.61 Å². The molecule has 1 aromatic rings. The lowest BCUT2D eigenvalue weighted by Gasteiger charge is -2.15. The molecule has 1 fully saturated rings. The monoisotopic (exact) mass is 224 g/mol. The normalized spacial score (nSPS) is 22.2. The van der Waals surface area contributed by atoms with E-state index in [9.17, 15) is 9.50 Å². The van der Waals surface area contributed by atoms with E-state index in [2.05, 4.69) is 0 Å². The first-order chi connectivity index (χ1) is 7.74. The number of benzene rings is 1. The highest BCUT2D eigenvalue weighted by Gasteiger charge is 2.19. The molecule has 0 aromatic heterocycles. The minimum atomic E-state index is -0.440. The Labute approximate surface area is 95.1 Å². The maximum absolute atomic E-state index is 12.9. The van der Waals surface area contributed by atoms with Crippen molar-refractivity contribution in [2.75, 3.05) is 6.61 Å². The Morgan fingerprint density at radius 3 is 3.06 bits per heavy atom. The molecule has 1 aromatic carbocycles. The molecule has 88 valence electrons. The van der Waals surface area contributed by atoms with E-state index < -0.39 is 6.10 Å². The summed E-state index contributed by atoms with van der Waals surface area (Å²) in [4.78, 5) is 0. The van der Waals surface area contributed by atoms with Crippen LogP contribution in [0.5, 0.6) is 0 Å². The lowest BCUT2D eigenvalue weighted by atomic mass is 10.0. The smallest absolute Gasteiger partial charge is 0.123 e. The summed E-state index contributed by atoms with van der Waals surface area (Å²) in [7, 11) is 0. The number of halogens is 1. The number of hydrogen-bond acceptors (Lipinski definition) is 2. The van der Waals surface area contributed by atoms with Gasteiger partial charge in [-0.2, -0.15) is 0 Å². The molecule has 1 aliphatic heterocycles. The maximum Gasteiger partial charge on any atom is 0.123 e. The van der Waals surface area contributed by atoms with Gasteiger partial charge in [-0.25, -0.2) is 4.39 Å². The van der Waals surface area contributed by atoms with Gasteiger partial charge in [0.2, 0.25) is 0 Å². The van der Waals surface area contributed by atoms with Gasteiger partial charge in [0.1, 0.15) is 5.82 Å². The molecule has 1 aliphatic rings. The Balaban J connectivity index is 1.84. The molecule has 0 saturated carbocycles. The fourth-order valence-corrected chi connectivity index (χ4v) is 2.15. The van der Waals surface area contributed by atoms with Crippen molar-refractivity contribution >= 4 is 0 Å². The highest BCUT2D eigenvalue weighted by molar-refractivity contribution is 5.17. The third-order valence-corrected chi connectivity index (χ3v) is 2.92. The van der Waals surface area contributed by atoms with E-state index in [4.69, 9.17) is 4.74 Å². The van der Waals surface area contributed by atoms with Crippen LogP contribution < -0.4 is 0 Å². The van der Waals surface area contributed by atoms with Gasteiger partial charge in [-0.3, -0.25) is 0 Å². The van der Waals surface area contributed by atoms with Crippen LogP contribution in [0, 0.1) is 5.82 Å². The number of rotatable bonds is 4. The second kappa shape index (κ2) is 5.41. The zero-order valence-electron chi connectivity index (χ0n) is 9.23. The molecule has 2 rings (SSSR count). The molecule has 0 radical (unpaired) electrons. The highest BCUT2D eigenvalue weighted by atomic mass is 19.1. The molecule has 3 heteroatoms. The van der Waals surface area contributed by atoms with Gasteiger partial charge >= 0.3 is 0 Å². The van der Waals surface area contributed by atoms with Crippen molar-refractivity contribution in [1.82, 2.24) is 0 Å². The first kappa shape index (κ1) is 11.6. The standard InChI is InChI=1S/C13H17FO2/c14-11-4-1-3-10(7-11)8-12(15)9-13-5-2-6-16-13/h1,3-4,7,12-13,15H,2,5-6,8-9H2. The maximum atomic E-state index is 12.9. The van der Waals surface area contributed by atoms with Crippen LogP contribution in [0.2, 0.25) is 0 Å². The molecule has 2 atom stereocenters. The SMILES string of the molecule is OC(Cc1cccc(F)c1)CC1CCCO1. The van der Waals surface area contributed by atoms with Gasteiger partial charge in [-0.15, -0.1) is 0 Å². The first-order valence-corrected chi connectivity index (χ1v) is 5.78. The van der Waals surface area contributed by atoms with E-state index in [0.717, 1.165) is 25.0 Å². The predicted octanol–water partition coefficient (Wildman–Crippen LogP) is 2.30. The second-order valence-electron chi connectivity index (χ2n) is 4.36. The largest absolute Gasteiger partial charge is 0.393 e. The number of hydrogen-bond donors (Lipinski definition) is 1. The molecule has 1 saturated heterocycles. The van der Waals surface area contributed by atoms with Crippen LogP contribution in [-0.2, 0) is 11.2 Å². The van der Waals surface area contributed by atoms with E-state index >= 15 is 0 Å². The summed E-state index contributed by atoms with van der Waals surface area (Å²) in [6, 6.07) is 6.39. The van der Waals surface area contributed by atoms with Crippen LogP contribution in [-0.4, -0.2) is 23.9 Å². The van der Waals surface area contributed by atoms with Gasteiger partial charge < -0.3 is 9.84 Å². The van der Waals surface area contributed by atoms with Gasteiger partial charge in [0.05, 0.1) is 12.2 Å². The zero-order valence-corrected chi connectivity index (χ0v) is 9.23. The summed E-state index contributed by atoms with van der Waals surface area (Å²) in [5.41, 5.74) is 0.838. The molecule has 1 N–H and O–H groups in total. The summed E-state index contributed by atoms with van der Waals surface area (Å²) in [5.74, 6) is -0.248. The van der Waals surface area contributed by atoms with E-state index in [0.29, 0.717) is 12.8 Å². The predicted molar refractivity (Wildman–Crippen MR) is 59.7 cm³/mol. The lowest BCUT2D eigenvalue weighted by Crippen LogP contribution is -2.19. The Morgan fingerprint density at radius 2 is 2.38 bits per heavy atom.